The van der Waals surface area contributed by atoms with Crippen molar-refractivity contribution in [1.29, 1.82) is 0 Å². The van der Waals surface area contributed by atoms with Gasteiger partial charge >= 0.3 is 0 Å². The molecule has 0 unspecified atom stereocenters. The molecule has 4 nitrogen and oxygen atoms in total. The summed E-state index contributed by atoms with van der Waals surface area (Å²) in [6, 6.07) is 13.1. The molecule has 3 N–H and O–H groups in total. The molecular weight excluding hydrogens is 386 g/mol. The van der Waals surface area contributed by atoms with Gasteiger partial charge in [0.2, 0.25) is 0 Å². The molecule has 0 amide bonds. The number of rotatable bonds is 4. The van der Waals surface area contributed by atoms with Crippen molar-refractivity contribution in [3.05, 3.63) is 63.1 Å². The average Bonchev–Trinajstić information content (AvgIpc) is 2.51. The first-order valence-corrected chi connectivity index (χ1v) is 8.43. The number of phenolic OH excluding ortho intramolecular Hbond substituents is 1. The number of benzene rings is 2. The predicted molar refractivity (Wildman–Crippen MR) is 97.8 cm³/mol. The van der Waals surface area contributed by atoms with E-state index in [4.69, 9.17) is 17.3 Å². The van der Waals surface area contributed by atoms with E-state index in [-0.39, 0.29) is 5.75 Å². The number of aromatic hydroxyl groups is 1. The van der Waals surface area contributed by atoms with Gasteiger partial charge in [0.25, 0.3) is 0 Å². The van der Waals surface area contributed by atoms with Crippen LogP contribution in [-0.2, 0) is 5.75 Å². The fourth-order valence-electron chi connectivity index (χ4n) is 1.59. The molecule has 7 heteroatoms. The van der Waals surface area contributed by atoms with E-state index in [0.29, 0.717) is 20.2 Å². The second-order valence-electron chi connectivity index (χ2n) is 4.28. The van der Waals surface area contributed by atoms with Crippen molar-refractivity contribution in [3.63, 3.8) is 0 Å². The van der Waals surface area contributed by atoms with Crippen LogP contribution in [0.3, 0.4) is 0 Å². The summed E-state index contributed by atoms with van der Waals surface area (Å²) in [5, 5.41) is 18.5. The Morgan fingerprint density at radius 2 is 2.05 bits per heavy atom. The normalized spacial score (nSPS) is 12.0. The second-order valence-corrected chi connectivity index (χ2v) is 6.57. The van der Waals surface area contributed by atoms with Crippen LogP contribution < -0.4 is 5.73 Å². The van der Waals surface area contributed by atoms with Crippen LogP contribution in [-0.4, -0.2) is 16.5 Å². The molecule has 0 saturated heterocycles. The molecule has 114 valence electrons. The summed E-state index contributed by atoms with van der Waals surface area (Å²) in [5.41, 5.74) is 7.41. The van der Waals surface area contributed by atoms with Gasteiger partial charge in [-0.15, -0.1) is 5.10 Å². The maximum Gasteiger partial charge on any atom is 0.180 e. The second kappa shape index (κ2) is 8.22. The standard InChI is InChI=1S/C15H13BrClN3OS/c16-13-7-12(17)6-11(14(13)21)8-19-20-15(18)22-9-10-4-2-1-3-5-10/h1-8,21H,9H2,(H2,18,20). The van der Waals surface area contributed by atoms with Crippen LogP contribution in [0.1, 0.15) is 11.1 Å². The Bertz CT molecular complexity index is 707. The number of phenols is 1. The predicted octanol–water partition coefficient (Wildman–Crippen LogP) is 4.39. The molecule has 22 heavy (non-hydrogen) atoms. The lowest BCUT2D eigenvalue weighted by Gasteiger charge is -2.02. The summed E-state index contributed by atoms with van der Waals surface area (Å²) in [7, 11) is 0. The molecule has 0 fully saturated rings. The molecule has 0 saturated carbocycles. The Kier molecular flexibility index (Phi) is 6.30. The van der Waals surface area contributed by atoms with E-state index >= 15 is 0 Å². The van der Waals surface area contributed by atoms with E-state index in [2.05, 4.69) is 26.1 Å². The van der Waals surface area contributed by atoms with Crippen LogP contribution in [0.15, 0.2) is 57.1 Å². The monoisotopic (exact) mass is 397 g/mol. The molecule has 0 aliphatic carbocycles. The number of nitrogens with zero attached hydrogens (tertiary/aromatic N) is 2. The third kappa shape index (κ3) is 5.05. The van der Waals surface area contributed by atoms with Gasteiger partial charge in [0.15, 0.2) is 5.17 Å². The van der Waals surface area contributed by atoms with Gasteiger partial charge in [-0.05, 0) is 33.6 Å². The number of hydrogen-bond acceptors (Lipinski definition) is 4. The highest BCUT2D eigenvalue weighted by Crippen LogP contribution is 2.30. The lowest BCUT2D eigenvalue weighted by molar-refractivity contribution is 0.471. The van der Waals surface area contributed by atoms with E-state index in [1.54, 1.807) is 12.1 Å². The Morgan fingerprint density at radius 3 is 2.77 bits per heavy atom. The number of halogens is 2. The molecule has 2 aromatic carbocycles. The summed E-state index contributed by atoms with van der Waals surface area (Å²) in [6.07, 6.45) is 1.40. The smallest absolute Gasteiger partial charge is 0.180 e. The van der Waals surface area contributed by atoms with Crippen molar-refractivity contribution >= 4 is 50.7 Å². The number of hydrogen-bond donors (Lipinski definition) is 2. The lowest BCUT2D eigenvalue weighted by Crippen LogP contribution is -2.06. The van der Waals surface area contributed by atoms with Crippen molar-refractivity contribution in [2.24, 2.45) is 15.9 Å². The van der Waals surface area contributed by atoms with Crippen LogP contribution in [0, 0.1) is 0 Å². The summed E-state index contributed by atoms with van der Waals surface area (Å²) in [4.78, 5) is 0. The SMILES string of the molecule is NC(=NN=Cc1cc(Cl)cc(Br)c1O)SCc1ccccc1. The van der Waals surface area contributed by atoms with Gasteiger partial charge in [-0.3, -0.25) is 0 Å². The maximum absolute atomic E-state index is 9.86. The first kappa shape index (κ1) is 16.9. The van der Waals surface area contributed by atoms with Crippen molar-refractivity contribution < 1.29 is 5.11 Å². The molecular formula is C15H13BrClN3OS. The average molecular weight is 399 g/mol. The summed E-state index contributed by atoms with van der Waals surface area (Å²) in [5.74, 6) is 0.776. The summed E-state index contributed by atoms with van der Waals surface area (Å²) in [6.45, 7) is 0. The number of amidine groups is 1. The van der Waals surface area contributed by atoms with E-state index < -0.39 is 0 Å². The van der Waals surface area contributed by atoms with Crippen molar-refractivity contribution in [1.82, 2.24) is 0 Å². The molecule has 0 atom stereocenters. The highest BCUT2D eigenvalue weighted by atomic mass is 79.9. The number of thioether (sulfide) groups is 1. The van der Waals surface area contributed by atoms with E-state index in [1.165, 1.54) is 18.0 Å². The zero-order valence-electron chi connectivity index (χ0n) is 11.4. The minimum Gasteiger partial charge on any atom is -0.506 e. The zero-order valence-corrected chi connectivity index (χ0v) is 14.6. The van der Waals surface area contributed by atoms with Crippen LogP contribution in [0.25, 0.3) is 0 Å². The van der Waals surface area contributed by atoms with E-state index in [1.807, 2.05) is 30.3 Å². The molecule has 2 aromatic rings. The van der Waals surface area contributed by atoms with Crippen molar-refractivity contribution in [2.45, 2.75) is 5.75 Å². The fourth-order valence-corrected chi connectivity index (χ4v) is 3.04. The maximum atomic E-state index is 9.86. The topological polar surface area (TPSA) is 71.0 Å². The van der Waals surface area contributed by atoms with Gasteiger partial charge in [-0.25, -0.2) is 0 Å². The fraction of sp³-hybridized carbons (Fsp3) is 0.0667. The van der Waals surface area contributed by atoms with Gasteiger partial charge < -0.3 is 10.8 Å². The molecule has 0 heterocycles. The Labute approximate surface area is 146 Å². The Hall–Kier alpha value is -1.50. The minimum absolute atomic E-state index is 0.0545. The van der Waals surface area contributed by atoms with Gasteiger partial charge in [0, 0.05) is 16.3 Å². The van der Waals surface area contributed by atoms with Crippen molar-refractivity contribution in [2.75, 3.05) is 0 Å². The van der Waals surface area contributed by atoms with Crippen LogP contribution in [0.4, 0.5) is 0 Å². The van der Waals surface area contributed by atoms with Gasteiger partial charge in [0.1, 0.15) is 5.75 Å². The number of nitrogens with two attached hydrogens (primary N) is 1. The van der Waals surface area contributed by atoms with Crippen LogP contribution in [0.5, 0.6) is 5.75 Å². The van der Waals surface area contributed by atoms with E-state index in [9.17, 15) is 5.11 Å². The lowest BCUT2D eigenvalue weighted by atomic mass is 10.2. The largest absolute Gasteiger partial charge is 0.506 e. The van der Waals surface area contributed by atoms with Crippen LogP contribution in [0.2, 0.25) is 5.02 Å². The molecule has 0 spiro atoms. The molecule has 0 radical (unpaired) electrons. The molecule has 2 rings (SSSR count). The Balaban J connectivity index is 1.98. The minimum atomic E-state index is 0.0545. The highest BCUT2D eigenvalue weighted by molar-refractivity contribution is 9.10. The summed E-state index contributed by atoms with van der Waals surface area (Å²) >= 11 is 10.5. The highest BCUT2D eigenvalue weighted by Gasteiger charge is 2.05. The van der Waals surface area contributed by atoms with Crippen LogP contribution >= 0.6 is 39.3 Å². The zero-order chi connectivity index (χ0) is 15.9. The first-order chi connectivity index (χ1) is 10.6. The quantitative estimate of drug-likeness (QED) is 0.456. The first-order valence-electron chi connectivity index (χ1n) is 6.27. The third-order valence-corrected chi connectivity index (χ3v) is 4.32. The van der Waals surface area contributed by atoms with Gasteiger partial charge in [0.05, 0.1) is 10.7 Å². The molecule has 0 bridgehead atoms. The Morgan fingerprint density at radius 1 is 1.32 bits per heavy atom. The van der Waals surface area contributed by atoms with Gasteiger partial charge in [-0.1, -0.05) is 53.7 Å². The van der Waals surface area contributed by atoms with Crippen molar-refractivity contribution in [3.8, 4) is 5.75 Å². The molecule has 0 aliphatic rings. The molecule has 0 aromatic heterocycles. The summed E-state index contributed by atoms with van der Waals surface area (Å²) < 4.78 is 0.497. The third-order valence-electron chi connectivity index (χ3n) is 2.64. The van der Waals surface area contributed by atoms with E-state index in [0.717, 1.165) is 11.3 Å². The molecule has 0 aliphatic heterocycles. The van der Waals surface area contributed by atoms with Gasteiger partial charge in [-0.2, -0.15) is 5.10 Å².